The van der Waals surface area contributed by atoms with Gasteiger partial charge >= 0.3 is 0 Å². The van der Waals surface area contributed by atoms with E-state index in [-0.39, 0.29) is 12.0 Å². The third-order valence-corrected chi connectivity index (χ3v) is 5.52. The van der Waals surface area contributed by atoms with E-state index in [1.165, 1.54) is 11.3 Å². The van der Waals surface area contributed by atoms with E-state index in [2.05, 4.69) is 35.0 Å². The van der Waals surface area contributed by atoms with Crippen molar-refractivity contribution < 1.29 is 9.53 Å². The maximum absolute atomic E-state index is 12.8. The van der Waals surface area contributed by atoms with Crippen LogP contribution in [0.5, 0.6) is 5.75 Å². The molecule has 5 nitrogen and oxygen atoms in total. The molecule has 2 aromatic rings. The Morgan fingerprint density at radius 3 is 2.48 bits per heavy atom. The first-order valence-electron chi connectivity index (χ1n) is 9.64. The van der Waals surface area contributed by atoms with Crippen molar-refractivity contribution in [1.82, 2.24) is 9.80 Å². The van der Waals surface area contributed by atoms with Crippen molar-refractivity contribution in [2.75, 3.05) is 51.7 Å². The van der Waals surface area contributed by atoms with Gasteiger partial charge in [-0.3, -0.25) is 4.79 Å². The molecule has 0 aliphatic carbocycles. The number of fused-ring (bicyclic) bond motifs is 1. The van der Waals surface area contributed by atoms with Crippen LogP contribution < -0.4 is 9.64 Å². The van der Waals surface area contributed by atoms with Crippen LogP contribution in [0.2, 0.25) is 0 Å². The molecule has 0 radical (unpaired) electrons. The fourth-order valence-corrected chi connectivity index (χ4v) is 3.84. The highest BCUT2D eigenvalue weighted by Crippen LogP contribution is 2.28. The SMILES string of the molecule is CN1CCN(c2ccc(C(=O)N(C)C[C@H]3Cc4ccccc4O3)cc2)CC1. The Bertz CT molecular complexity index is 772. The van der Waals surface area contributed by atoms with Gasteiger partial charge in [-0.05, 0) is 42.9 Å². The molecule has 0 saturated carbocycles. The molecule has 0 spiro atoms. The second-order valence-corrected chi connectivity index (χ2v) is 7.57. The molecule has 0 unspecified atom stereocenters. The molecule has 0 aromatic heterocycles. The lowest BCUT2D eigenvalue weighted by Crippen LogP contribution is -2.44. The van der Waals surface area contributed by atoms with Crippen molar-refractivity contribution in [1.29, 1.82) is 0 Å². The van der Waals surface area contributed by atoms with Crippen molar-refractivity contribution in [2.45, 2.75) is 12.5 Å². The molecule has 5 heteroatoms. The fourth-order valence-electron chi connectivity index (χ4n) is 3.84. The second kappa shape index (κ2) is 7.61. The first-order chi connectivity index (χ1) is 13.1. The van der Waals surface area contributed by atoms with Gasteiger partial charge in [0, 0.05) is 50.9 Å². The highest BCUT2D eigenvalue weighted by molar-refractivity contribution is 5.94. The summed E-state index contributed by atoms with van der Waals surface area (Å²) >= 11 is 0. The molecule has 2 aliphatic heterocycles. The number of nitrogens with zero attached hydrogens (tertiary/aromatic N) is 3. The number of para-hydroxylation sites is 1. The van der Waals surface area contributed by atoms with E-state index < -0.39 is 0 Å². The molecule has 0 bridgehead atoms. The van der Waals surface area contributed by atoms with Crippen LogP contribution in [0.3, 0.4) is 0 Å². The van der Waals surface area contributed by atoms with Gasteiger partial charge in [-0.1, -0.05) is 18.2 Å². The van der Waals surface area contributed by atoms with Gasteiger partial charge < -0.3 is 19.4 Å². The number of piperazine rings is 1. The standard InChI is InChI=1S/C22H27N3O2/c1-23-11-13-25(14-12-23)19-9-7-17(8-10-19)22(26)24(2)16-20-15-18-5-3-4-6-21(18)27-20/h3-10,20H,11-16H2,1-2H3/t20-/m1/s1. The van der Waals surface area contributed by atoms with Crippen molar-refractivity contribution in [2.24, 2.45) is 0 Å². The summed E-state index contributed by atoms with van der Waals surface area (Å²) in [6.45, 7) is 4.81. The summed E-state index contributed by atoms with van der Waals surface area (Å²) in [7, 11) is 4.00. The number of amides is 1. The Labute approximate surface area is 161 Å². The molecule has 27 heavy (non-hydrogen) atoms. The van der Waals surface area contributed by atoms with Crippen LogP contribution in [0.1, 0.15) is 15.9 Å². The largest absolute Gasteiger partial charge is 0.488 e. The molecule has 4 rings (SSSR count). The van der Waals surface area contributed by atoms with E-state index in [0.29, 0.717) is 6.54 Å². The van der Waals surface area contributed by atoms with Crippen LogP contribution in [-0.2, 0) is 6.42 Å². The zero-order chi connectivity index (χ0) is 18.8. The van der Waals surface area contributed by atoms with Gasteiger partial charge in [0.2, 0.25) is 0 Å². The minimum absolute atomic E-state index is 0.0287. The lowest BCUT2D eigenvalue weighted by atomic mass is 10.1. The fraction of sp³-hybridized carbons (Fsp3) is 0.409. The lowest BCUT2D eigenvalue weighted by molar-refractivity contribution is 0.0730. The third-order valence-electron chi connectivity index (χ3n) is 5.52. The summed E-state index contributed by atoms with van der Waals surface area (Å²) in [4.78, 5) is 19.3. The molecule has 1 fully saturated rings. The van der Waals surface area contributed by atoms with E-state index in [9.17, 15) is 4.79 Å². The number of carbonyl (C=O) groups excluding carboxylic acids is 1. The zero-order valence-corrected chi connectivity index (χ0v) is 16.1. The number of rotatable bonds is 4. The first-order valence-corrected chi connectivity index (χ1v) is 9.64. The Hall–Kier alpha value is -2.53. The van der Waals surface area contributed by atoms with Crippen molar-refractivity contribution in [3.05, 3.63) is 59.7 Å². The topological polar surface area (TPSA) is 36.0 Å². The summed E-state index contributed by atoms with van der Waals surface area (Å²) in [6, 6.07) is 16.1. The molecule has 2 heterocycles. The lowest BCUT2D eigenvalue weighted by Gasteiger charge is -2.34. The van der Waals surface area contributed by atoms with Gasteiger partial charge in [-0.2, -0.15) is 0 Å². The number of benzene rings is 2. The Morgan fingerprint density at radius 1 is 1.07 bits per heavy atom. The monoisotopic (exact) mass is 365 g/mol. The molecular formula is C22H27N3O2. The molecule has 1 saturated heterocycles. The normalized spacial score (nSPS) is 19.5. The third kappa shape index (κ3) is 3.93. The molecular weight excluding hydrogens is 338 g/mol. The molecule has 1 atom stereocenters. The van der Waals surface area contributed by atoms with Crippen LogP contribution in [0.15, 0.2) is 48.5 Å². The van der Waals surface area contributed by atoms with Gasteiger partial charge in [0.1, 0.15) is 11.9 Å². The summed E-state index contributed by atoms with van der Waals surface area (Å²) in [5, 5.41) is 0. The first kappa shape index (κ1) is 17.9. The zero-order valence-electron chi connectivity index (χ0n) is 16.1. The highest BCUT2D eigenvalue weighted by Gasteiger charge is 2.25. The highest BCUT2D eigenvalue weighted by atomic mass is 16.5. The smallest absolute Gasteiger partial charge is 0.253 e. The van der Waals surface area contributed by atoms with E-state index in [0.717, 1.165) is 43.9 Å². The number of carbonyl (C=O) groups is 1. The van der Waals surface area contributed by atoms with Crippen LogP contribution in [0.25, 0.3) is 0 Å². The van der Waals surface area contributed by atoms with E-state index in [1.54, 1.807) is 4.90 Å². The van der Waals surface area contributed by atoms with Crippen molar-refractivity contribution >= 4 is 11.6 Å². The minimum atomic E-state index is 0.0287. The number of ether oxygens (including phenoxy) is 1. The van der Waals surface area contributed by atoms with Crippen LogP contribution in [0, 0.1) is 0 Å². The van der Waals surface area contributed by atoms with Crippen LogP contribution in [0.4, 0.5) is 5.69 Å². The average Bonchev–Trinajstić information content (AvgIpc) is 3.10. The van der Waals surface area contributed by atoms with Gasteiger partial charge in [0.25, 0.3) is 5.91 Å². The van der Waals surface area contributed by atoms with Crippen LogP contribution >= 0.6 is 0 Å². The molecule has 2 aromatic carbocycles. The molecule has 1 amide bonds. The number of hydrogen-bond acceptors (Lipinski definition) is 4. The predicted molar refractivity (Wildman–Crippen MR) is 108 cm³/mol. The summed E-state index contributed by atoms with van der Waals surface area (Å²) < 4.78 is 5.97. The second-order valence-electron chi connectivity index (χ2n) is 7.57. The molecule has 142 valence electrons. The van der Waals surface area contributed by atoms with Crippen molar-refractivity contribution in [3.63, 3.8) is 0 Å². The van der Waals surface area contributed by atoms with E-state index in [1.807, 2.05) is 37.4 Å². The summed E-state index contributed by atoms with van der Waals surface area (Å²) in [5.41, 5.74) is 3.14. The van der Waals surface area contributed by atoms with Gasteiger partial charge in [0.15, 0.2) is 0 Å². The van der Waals surface area contributed by atoms with Gasteiger partial charge in [-0.25, -0.2) is 0 Å². The van der Waals surface area contributed by atoms with Gasteiger partial charge in [0.05, 0.1) is 6.54 Å². The number of hydrogen-bond donors (Lipinski definition) is 0. The van der Waals surface area contributed by atoms with E-state index >= 15 is 0 Å². The van der Waals surface area contributed by atoms with Gasteiger partial charge in [-0.15, -0.1) is 0 Å². The maximum Gasteiger partial charge on any atom is 0.253 e. The maximum atomic E-state index is 12.8. The number of anilines is 1. The Kier molecular flexibility index (Phi) is 5.03. The quantitative estimate of drug-likeness (QED) is 0.834. The van der Waals surface area contributed by atoms with Crippen LogP contribution in [-0.4, -0.2) is 68.6 Å². The molecule has 0 N–H and O–H groups in total. The Balaban J connectivity index is 1.35. The predicted octanol–water partition coefficient (Wildman–Crippen LogP) is 2.51. The summed E-state index contributed by atoms with van der Waals surface area (Å²) in [5.74, 6) is 0.986. The summed E-state index contributed by atoms with van der Waals surface area (Å²) in [6.07, 6.45) is 0.886. The number of likely N-dealkylation sites (N-methyl/N-ethyl adjacent to an activating group) is 2. The Morgan fingerprint density at radius 2 is 1.78 bits per heavy atom. The minimum Gasteiger partial charge on any atom is -0.488 e. The molecule has 2 aliphatic rings. The average molecular weight is 365 g/mol. The van der Waals surface area contributed by atoms with E-state index in [4.69, 9.17) is 4.74 Å². The van der Waals surface area contributed by atoms with Crippen molar-refractivity contribution in [3.8, 4) is 5.75 Å².